The van der Waals surface area contributed by atoms with Crippen LogP contribution >= 0.6 is 11.6 Å². The topological polar surface area (TPSA) is 78.7 Å². The summed E-state index contributed by atoms with van der Waals surface area (Å²) in [5.74, 6) is 0. The SMILES string of the molecule is Cn1c(=O)[nH]c(Cl)c(C#N)c1=O. The molecule has 0 fully saturated rings. The summed E-state index contributed by atoms with van der Waals surface area (Å²) in [6.45, 7) is 0. The number of hydrogen-bond acceptors (Lipinski definition) is 3. The number of nitrogens with zero attached hydrogens (tertiary/aromatic N) is 2. The second-order valence-corrected chi connectivity index (χ2v) is 2.47. The molecule has 0 spiro atoms. The Kier molecular flexibility index (Phi) is 2.02. The Morgan fingerprint density at radius 3 is 2.67 bits per heavy atom. The number of halogens is 1. The molecule has 1 aromatic rings. The maximum absolute atomic E-state index is 11.1. The van der Waals surface area contributed by atoms with Crippen LogP contribution in [0.2, 0.25) is 5.15 Å². The van der Waals surface area contributed by atoms with Gasteiger partial charge >= 0.3 is 5.69 Å². The third-order valence-electron chi connectivity index (χ3n) is 1.37. The van der Waals surface area contributed by atoms with Crippen LogP contribution in [0.1, 0.15) is 5.56 Å². The first-order valence-corrected chi connectivity index (χ1v) is 3.34. The van der Waals surface area contributed by atoms with Crippen LogP contribution in [0.4, 0.5) is 0 Å². The summed E-state index contributed by atoms with van der Waals surface area (Å²) >= 11 is 5.42. The molecular weight excluding hydrogens is 182 g/mol. The van der Waals surface area contributed by atoms with Crippen LogP contribution in [0, 0.1) is 11.3 Å². The van der Waals surface area contributed by atoms with Gasteiger partial charge in [-0.2, -0.15) is 5.26 Å². The van der Waals surface area contributed by atoms with Crippen LogP contribution in [0.25, 0.3) is 0 Å². The van der Waals surface area contributed by atoms with E-state index >= 15 is 0 Å². The van der Waals surface area contributed by atoms with Gasteiger partial charge in [0, 0.05) is 7.05 Å². The van der Waals surface area contributed by atoms with E-state index in [1.165, 1.54) is 7.05 Å². The van der Waals surface area contributed by atoms with Gasteiger partial charge in [0.05, 0.1) is 0 Å². The molecule has 1 rings (SSSR count). The number of H-pyrrole nitrogens is 1. The van der Waals surface area contributed by atoms with Crippen molar-refractivity contribution >= 4 is 11.6 Å². The predicted molar refractivity (Wildman–Crippen MR) is 42.0 cm³/mol. The fraction of sp³-hybridized carbons (Fsp3) is 0.167. The summed E-state index contributed by atoms with van der Waals surface area (Å²) in [6.07, 6.45) is 0. The summed E-state index contributed by atoms with van der Waals surface area (Å²) in [5, 5.41) is 8.23. The fourth-order valence-electron chi connectivity index (χ4n) is 0.691. The van der Waals surface area contributed by atoms with E-state index in [9.17, 15) is 9.59 Å². The first-order chi connectivity index (χ1) is 5.57. The number of rotatable bonds is 0. The van der Waals surface area contributed by atoms with Gasteiger partial charge in [-0.1, -0.05) is 11.6 Å². The normalized spacial score (nSPS) is 9.42. The van der Waals surface area contributed by atoms with Crippen LogP contribution in [-0.4, -0.2) is 9.55 Å². The van der Waals surface area contributed by atoms with E-state index in [1.54, 1.807) is 6.07 Å². The van der Waals surface area contributed by atoms with Crippen LogP contribution in [0.3, 0.4) is 0 Å². The summed E-state index contributed by atoms with van der Waals surface area (Å²) in [6, 6.07) is 1.60. The highest BCUT2D eigenvalue weighted by atomic mass is 35.5. The molecular formula is C6H4ClN3O2. The highest BCUT2D eigenvalue weighted by Crippen LogP contribution is 2.02. The lowest BCUT2D eigenvalue weighted by Gasteiger charge is -1.96. The minimum atomic E-state index is -0.689. The van der Waals surface area contributed by atoms with Gasteiger partial charge in [-0.25, -0.2) is 4.79 Å². The Bertz CT molecular complexity index is 465. The van der Waals surface area contributed by atoms with Crippen molar-refractivity contribution in [1.29, 1.82) is 5.26 Å². The lowest BCUT2D eigenvalue weighted by molar-refractivity contribution is 0.771. The van der Waals surface area contributed by atoms with Crippen molar-refractivity contribution in [1.82, 2.24) is 9.55 Å². The molecule has 0 aliphatic rings. The third-order valence-corrected chi connectivity index (χ3v) is 1.65. The highest BCUT2D eigenvalue weighted by molar-refractivity contribution is 6.30. The summed E-state index contributed by atoms with van der Waals surface area (Å²) < 4.78 is 0.782. The Morgan fingerprint density at radius 2 is 2.17 bits per heavy atom. The molecule has 12 heavy (non-hydrogen) atoms. The molecule has 0 aromatic carbocycles. The van der Waals surface area contributed by atoms with Crippen molar-refractivity contribution in [3.8, 4) is 6.07 Å². The standard InChI is InChI=1S/C6H4ClN3O2/c1-10-5(11)3(2-8)4(7)9-6(10)12/h1H3,(H,9,12). The van der Waals surface area contributed by atoms with Gasteiger partial charge in [-0.3, -0.25) is 14.3 Å². The minimum Gasteiger partial charge on any atom is -0.296 e. The lowest BCUT2D eigenvalue weighted by atomic mass is 10.4. The van der Waals surface area contributed by atoms with E-state index in [4.69, 9.17) is 16.9 Å². The average Bonchev–Trinajstić information content (AvgIpc) is 2.01. The van der Waals surface area contributed by atoms with Crippen molar-refractivity contribution in [2.24, 2.45) is 7.05 Å². The lowest BCUT2D eigenvalue weighted by Crippen LogP contribution is -2.34. The molecule has 62 valence electrons. The molecule has 0 saturated carbocycles. The molecule has 0 amide bonds. The number of nitriles is 1. The van der Waals surface area contributed by atoms with E-state index in [0.717, 1.165) is 4.57 Å². The zero-order valence-electron chi connectivity index (χ0n) is 6.09. The van der Waals surface area contributed by atoms with Crippen molar-refractivity contribution in [2.45, 2.75) is 0 Å². The summed E-state index contributed by atoms with van der Waals surface area (Å²) in [5.41, 5.74) is -1.57. The van der Waals surface area contributed by atoms with Crippen molar-refractivity contribution in [2.75, 3.05) is 0 Å². The van der Waals surface area contributed by atoms with Gasteiger partial charge < -0.3 is 0 Å². The smallest absolute Gasteiger partial charge is 0.296 e. The van der Waals surface area contributed by atoms with Gasteiger partial charge in [0.25, 0.3) is 5.56 Å². The average molecular weight is 186 g/mol. The molecule has 0 atom stereocenters. The maximum atomic E-state index is 11.1. The molecule has 5 nitrogen and oxygen atoms in total. The zero-order chi connectivity index (χ0) is 9.30. The molecule has 0 unspecified atom stereocenters. The molecule has 1 N–H and O–H groups in total. The zero-order valence-corrected chi connectivity index (χ0v) is 6.84. The minimum absolute atomic E-state index is 0.217. The van der Waals surface area contributed by atoms with Gasteiger partial charge in [0.1, 0.15) is 11.2 Å². The van der Waals surface area contributed by atoms with Crippen LogP contribution in [-0.2, 0) is 7.05 Å². The van der Waals surface area contributed by atoms with Gasteiger partial charge in [-0.15, -0.1) is 0 Å². The van der Waals surface area contributed by atoms with E-state index in [0.29, 0.717) is 0 Å². The third kappa shape index (κ3) is 1.12. The van der Waals surface area contributed by atoms with Gasteiger partial charge in [0.15, 0.2) is 5.56 Å². The Labute approximate surface area is 71.8 Å². The summed E-state index contributed by atoms with van der Waals surface area (Å²) in [7, 11) is 1.26. The molecule has 0 aliphatic heterocycles. The molecule has 0 bridgehead atoms. The maximum Gasteiger partial charge on any atom is 0.329 e. The second-order valence-electron chi connectivity index (χ2n) is 2.10. The van der Waals surface area contributed by atoms with Crippen molar-refractivity contribution in [3.05, 3.63) is 31.6 Å². The van der Waals surface area contributed by atoms with Gasteiger partial charge in [0.2, 0.25) is 0 Å². The number of aromatic amines is 1. The number of nitrogens with one attached hydrogen (secondary N) is 1. The van der Waals surface area contributed by atoms with Crippen LogP contribution < -0.4 is 11.2 Å². The van der Waals surface area contributed by atoms with E-state index < -0.39 is 11.2 Å². The van der Waals surface area contributed by atoms with Crippen molar-refractivity contribution < 1.29 is 0 Å². The molecule has 1 heterocycles. The van der Waals surface area contributed by atoms with Gasteiger partial charge in [-0.05, 0) is 0 Å². The van der Waals surface area contributed by atoms with E-state index in [-0.39, 0.29) is 10.7 Å². The molecule has 0 saturated heterocycles. The Balaban J connectivity index is 3.79. The number of aromatic nitrogens is 2. The molecule has 1 aromatic heterocycles. The second kappa shape index (κ2) is 2.83. The largest absolute Gasteiger partial charge is 0.329 e. The van der Waals surface area contributed by atoms with E-state index in [1.807, 2.05) is 0 Å². The quantitative estimate of drug-likeness (QED) is 0.559. The monoisotopic (exact) mass is 185 g/mol. The van der Waals surface area contributed by atoms with E-state index in [2.05, 4.69) is 4.98 Å². The number of hydrogen-bond donors (Lipinski definition) is 1. The Morgan fingerprint density at radius 1 is 1.58 bits per heavy atom. The molecule has 0 radical (unpaired) electrons. The molecule has 0 aliphatic carbocycles. The first kappa shape index (κ1) is 8.56. The highest BCUT2D eigenvalue weighted by Gasteiger charge is 2.08. The Hall–Kier alpha value is -1.54. The summed E-state index contributed by atoms with van der Waals surface area (Å²) in [4.78, 5) is 24.1. The predicted octanol–water partition coefficient (Wildman–Crippen LogP) is -0.401. The fourth-order valence-corrected chi connectivity index (χ4v) is 0.895. The first-order valence-electron chi connectivity index (χ1n) is 2.97. The van der Waals surface area contributed by atoms with Crippen molar-refractivity contribution in [3.63, 3.8) is 0 Å². The van der Waals surface area contributed by atoms with Crippen LogP contribution in [0.5, 0.6) is 0 Å². The molecule has 6 heteroatoms. The van der Waals surface area contributed by atoms with Crippen LogP contribution in [0.15, 0.2) is 9.59 Å².